The molecule has 1 aromatic carbocycles. The molecule has 0 radical (unpaired) electrons. The van der Waals surface area contributed by atoms with Gasteiger partial charge < -0.3 is 0 Å². The third-order valence-corrected chi connectivity index (χ3v) is 3.05. The van der Waals surface area contributed by atoms with E-state index in [1.807, 2.05) is 0 Å². The summed E-state index contributed by atoms with van der Waals surface area (Å²) in [6.45, 7) is 0.685. The molecule has 0 amide bonds. The number of rotatable bonds is 2. The molecule has 1 fully saturated rings. The maximum absolute atomic E-state index is 12.0. The molecule has 1 aromatic heterocycles. The molecule has 1 aliphatic carbocycles. The first-order valence-corrected chi connectivity index (χ1v) is 5.65. The Morgan fingerprint density at radius 3 is 3.00 bits per heavy atom. The smallest absolute Gasteiger partial charge is 0.267 e. The van der Waals surface area contributed by atoms with E-state index in [2.05, 4.69) is 10.3 Å². The van der Waals surface area contributed by atoms with E-state index in [4.69, 9.17) is 11.6 Å². The fraction of sp³-hybridized carbons (Fsp3) is 0.364. The van der Waals surface area contributed by atoms with Gasteiger partial charge in [0, 0.05) is 11.6 Å². The molecule has 0 bridgehead atoms. The number of hydrogen-bond donors (Lipinski definition) is 0. The first-order chi connectivity index (χ1) is 7.74. The van der Waals surface area contributed by atoms with Crippen molar-refractivity contribution in [2.24, 2.45) is 5.92 Å². The van der Waals surface area contributed by atoms with Gasteiger partial charge in [0.2, 0.25) is 0 Å². The van der Waals surface area contributed by atoms with E-state index in [-0.39, 0.29) is 5.56 Å². The van der Waals surface area contributed by atoms with Crippen LogP contribution in [0, 0.1) is 5.92 Å². The lowest BCUT2D eigenvalue weighted by Crippen LogP contribution is -2.25. The molecule has 0 spiro atoms. The van der Waals surface area contributed by atoms with E-state index in [9.17, 15) is 4.79 Å². The summed E-state index contributed by atoms with van der Waals surface area (Å²) in [6.07, 6.45) is 2.37. The Labute approximate surface area is 96.8 Å². The van der Waals surface area contributed by atoms with Crippen LogP contribution in [0.3, 0.4) is 0 Å². The van der Waals surface area contributed by atoms with E-state index in [1.54, 1.807) is 18.2 Å². The number of fused-ring (bicyclic) bond motifs is 1. The summed E-state index contributed by atoms with van der Waals surface area (Å²) < 4.78 is 1.45. The van der Waals surface area contributed by atoms with Crippen molar-refractivity contribution in [1.29, 1.82) is 0 Å². The summed E-state index contributed by atoms with van der Waals surface area (Å²) in [5.74, 6) is 0.608. The average molecular weight is 236 g/mol. The number of aromatic nitrogens is 3. The molecule has 1 aliphatic rings. The molecule has 16 heavy (non-hydrogen) atoms. The van der Waals surface area contributed by atoms with Crippen LogP contribution in [0.15, 0.2) is 23.0 Å². The fourth-order valence-electron chi connectivity index (χ4n) is 1.71. The van der Waals surface area contributed by atoms with Crippen molar-refractivity contribution in [2.75, 3.05) is 0 Å². The van der Waals surface area contributed by atoms with Gasteiger partial charge in [0.05, 0.1) is 5.39 Å². The van der Waals surface area contributed by atoms with Gasteiger partial charge in [-0.25, -0.2) is 4.68 Å². The molecule has 0 atom stereocenters. The lowest BCUT2D eigenvalue weighted by Gasteiger charge is -2.03. The highest BCUT2D eigenvalue weighted by Crippen LogP contribution is 2.29. The monoisotopic (exact) mass is 235 g/mol. The summed E-state index contributed by atoms with van der Waals surface area (Å²) in [4.78, 5) is 12.0. The topological polar surface area (TPSA) is 47.8 Å². The summed E-state index contributed by atoms with van der Waals surface area (Å²) in [5, 5.41) is 9.09. The Bertz CT molecular complexity index is 604. The minimum absolute atomic E-state index is 0.0754. The first-order valence-electron chi connectivity index (χ1n) is 5.27. The van der Waals surface area contributed by atoms with Crippen molar-refractivity contribution in [2.45, 2.75) is 19.4 Å². The number of benzene rings is 1. The van der Waals surface area contributed by atoms with Crippen LogP contribution >= 0.6 is 11.6 Å². The van der Waals surface area contributed by atoms with Gasteiger partial charge >= 0.3 is 0 Å². The molecule has 0 saturated heterocycles. The maximum atomic E-state index is 12.0. The highest BCUT2D eigenvalue weighted by Gasteiger charge is 2.23. The predicted molar refractivity (Wildman–Crippen MR) is 61.5 cm³/mol. The minimum Gasteiger partial charge on any atom is -0.267 e. The van der Waals surface area contributed by atoms with Crippen LogP contribution in [-0.2, 0) is 6.54 Å². The molecule has 0 N–H and O–H groups in total. The van der Waals surface area contributed by atoms with E-state index >= 15 is 0 Å². The maximum Gasteiger partial charge on any atom is 0.277 e. The third-order valence-electron chi connectivity index (χ3n) is 2.81. The Balaban J connectivity index is 2.15. The molecular formula is C11H10ClN3O. The zero-order valence-electron chi connectivity index (χ0n) is 8.56. The van der Waals surface area contributed by atoms with Gasteiger partial charge in [-0.15, -0.1) is 5.10 Å². The van der Waals surface area contributed by atoms with Crippen LogP contribution in [0.4, 0.5) is 0 Å². The fourth-order valence-corrected chi connectivity index (χ4v) is 1.88. The molecule has 5 heteroatoms. The van der Waals surface area contributed by atoms with Crippen molar-refractivity contribution in [3.8, 4) is 0 Å². The van der Waals surface area contributed by atoms with Crippen molar-refractivity contribution in [3.05, 3.63) is 33.6 Å². The number of hydrogen-bond acceptors (Lipinski definition) is 3. The molecule has 4 nitrogen and oxygen atoms in total. The molecule has 1 heterocycles. The van der Waals surface area contributed by atoms with E-state index in [0.29, 0.717) is 28.4 Å². The van der Waals surface area contributed by atoms with Crippen LogP contribution in [0.1, 0.15) is 12.8 Å². The van der Waals surface area contributed by atoms with Gasteiger partial charge in [0.15, 0.2) is 0 Å². The second kappa shape index (κ2) is 3.56. The molecular weight excluding hydrogens is 226 g/mol. The Kier molecular flexibility index (Phi) is 2.17. The van der Waals surface area contributed by atoms with Crippen molar-refractivity contribution < 1.29 is 0 Å². The van der Waals surface area contributed by atoms with Crippen LogP contribution in [0.2, 0.25) is 5.02 Å². The Hall–Kier alpha value is -1.42. The standard InChI is InChI=1S/C11H10ClN3O/c12-8-3-4-9-10(5-8)13-14-15(11(9)16)6-7-1-2-7/h3-5,7H,1-2,6H2. The van der Waals surface area contributed by atoms with E-state index < -0.39 is 0 Å². The van der Waals surface area contributed by atoms with E-state index in [0.717, 1.165) is 0 Å². The highest BCUT2D eigenvalue weighted by molar-refractivity contribution is 6.31. The summed E-state index contributed by atoms with van der Waals surface area (Å²) in [5.41, 5.74) is 0.484. The second-order valence-corrected chi connectivity index (χ2v) is 4.62. The molecule has 0 unspecified atom stereocenters. The van der Waals surface area contributed by atoms with Crippen LogP contribution < -0.4 is 5.56 Å². The second-order valence-electron chi connectivity index (χ2n) is 4.18. The lowest BCUT2D eigenvalue weighted by molar-refractivity contribution is 0.511. The number of halogens is 1. The van der Waals surface area contributed by atoms with Crippen molar-refractivity contribution in [3.63, 3.8) is 0 Å². The normalized spacial score (nSPS) is 15.6. The summed E-state index contributed by atoms with van der Waals surface area (Å²) in [7, 11) is 0. The largest absolute Gasteiger partial charge is 0.277 e. The van der Waals surface area contributed by atoms with Gasteiger partial charge in [0.25, 0.3) is 5.56 Å². The van der Waals surface area contributed by atoms with Crippen LogP contribution in [0.25, 0.3) is 10.9 Å². The Morgan fingerprint density at radius 1 is 1.44 bits per heavy atom. The average Bonchev–Trinajstić information content (AvgIpc) is 3.06. The third kappa shape index (κ3) is 1.69. The SMILES string of the molecule is O=c1c2ccc(Cl)cc2nnn1CC1CC1. The van der Waals surface area contributed by atoms with Gasteiger partial charge in [-0.3, -0.25) is 4.79 Å². The minimum atomic E-state index is -0.0754. The molecule has 82 valence electrons. The van der Waals surface area contributed by atoms with Crippen molar-refractivity contribution in [1.82, 2.24) is 15.0 Å². The quantitative estimate of drug-likeness (QED) is 0.798. The molecule has 1 saturated carbocycles. The van der Waals surface area contributed by atoms with Crippen LogP contribution in [-0.4, -0.2) is 15.0 Å². The molecule has 3 rings (SSSR count). The predicted octanol–water partition coefficient (Wildman–Crippen LogP) is 1.85. The van der Waals surface area contributed by atoms with Gasteiger partial charge in [-0.2, -0.15) is 0 Å². The summed E-state index contributed by atoms with van der Waals surface area (Å²) in [6, 6.07) is 5.07. The van der Waals surface area contributed by atoms with Gasteiger partial charge in [-0.1, -0.05) is 16.8 Å². The van der Waals surface area contributed by atoms with Crippen LogP contribution in [0.5, 0.6) is 0 Å². The number of nitrogens with zero attached hydrogens (tertiary/aromatic N) is 3. The Morgan fingerprint density at radius 2 is 2.25 bits per heavy atom. The zero-order valence-corrected chi connectivity index (χ0v) is 9.31. The summed E-state index contributed by atoms with van der Waals surface area (Å²) >= 11 is 5.83. The first kappa shape index (κ1) is 9.78. The van der Waals surface area contributed by atoms with Gasteiger partial charge in [0.1, 0.15) is 5.52 Å². The lowest BCUT2D eigenvalue weighted by atomic mass is 10.2. The molecule has 0 aliphatic heterocycles. The van der Waals surface area contributed by atoms with Gasteiger partial charge in [-0.05, 0) is 37.0 Å². The zero-order chi connectivity index (χ0) is 11.1. The highest BCUT2D eigenvalue weighted by atomic mass is 35.5. The molecule has 2 aromatic rings. The van der Waals surface area contributed by atoms with Crippen molar-refractivity contribution >= 4 is 22.5 Å². The van der Waals surface area contributed by atoms with E-state index in [1.165, 1.54) is 17.5 Å².